The summed E-state index contributed by atoms with van der Waals surface area (Å²) < 4.78 is 16.5. The molecule has 0 unspecified atom stereocenters. The molecule has 0 amide bonds. The number of ether oxygens (including phenoxy) is 3. The van der Waals surface area contributed by atoms with Gasteiger partial charge in [-0.2, -0.15) is 0 Å². The predicted octanol–water partition coefficient (Wildman–Crippen LogP) is 4.85. The monoisotopic (exact) mass is 427 g/mol. The first kappa shape index (κ1) is 22.8. The van der Waals surface area contributed by atoms with Crippen molar-refractivity contribution in [2.45, 2.75) is 38.9 Å². The Labute approximate surface area is 182 Å². The molecule has 0 bridgehead atoms. The molecular weight excluding hydrogens is 398 g/mol. The fourth-order valence-electron chi connectivity index (χ4n) is 3.12. The van der Waals surface area contributed by atoms with Crippen LogP contribution in [0.2, 0.25) is 0 Å². The molecule has 3 rings (SSSR count). The molecule has 0 atom stereocenters. The summed E-state index contributed by atoms with van der Waals surface area (Å²) >= 11 is 0. The quantitative estimate of drug-likeness (QED) is 0.331. The highest BCUT2D eigenvalue weighted by atomic mass is 16.7. The van der Waals surface area contributed by atoms with Gasteiger partial charge in [0.2, 0.25) is 0 Å². The Morgan fingerprint density at radius 2 is 1.71 bits per heavy atom. The van der Waals surface area contributed by atoms with Gasteiger partial charge in [-0.25, -0.2) is 4.79 Å². The fourth-order valence-corrected chi connectivity index (χ4v) is 3.12. The van der Waals surface area contributed by atoms with E-state index in [2.05, 4.69) is 5.16 Å². The smallest absolute Gasteiger partial charge is 0.364 e. The number of para-hydroxylation sites is 1. The highest BCUT2D eigenvalue weighted by Gasteiger charge is 2.40. The summed E-state index contributed by atoms with van der Waals surface area (Å²) in [6, 6.07) is 17.4. The van der Waals surface area contributed by atoms with E-state index < -0.39 is 11.8 Å². The third-order valence-electron chi connectivity index (χ3n) is 5.13. The zero-order valence-electron chi connectivity index (χ0n) is 18.0. The van der Waals surface area contributed by atoms with E-state index >= 15 is 0 Å². The van der Waals surface area contributed by atoms with Gasteiger partial charge in [-0.1, -0.05) is 23.4 Å². The van der Waals surface area contributed by atoms with Crippen LogP contribution in [0.4, 0.5) is 0 Å². The summed E-state index contributed by atoms with van der Waals surface area (Å²) in [5.41, 5.74) is 1.77. The molecule has 2 aromatic carbocycles. The van der Waals surface area contributed by atoms with Crippen LogP contribution in [0.25, 0.3) is 0 Å². The maximum absolute atomic E-state index is 11.1. The van der Waals surface area contributed by atoms with Crippen LogP contribution >= 0.6 is 0 Å². The molecule has 0 saturated carbocycles. The molecule has 7 nitrogen and oxygen atoms in total. The minimum atomic E-state index is -1.52. The van der Waals surface area contributed by atoms with Crippen LogP contribution in [0, 0.1) is 5.92 Å². The van der Waals surface area contributed by atoms with E-state index in [0.29, 0.717) is 19.8 Å². The molecule has 1 heterocycles. The normalized spacial score (nSPS) is 21.5. The standard InChI is InChI=1S/C24H29NO6/c1-18(20-11-13-22(14-12-20)31-21-9-4-3-5-10-21)25-30-15-7-6-8-19-16-28-24(2,23(26)27)29-17-19/h3-5,9-14,19H,6-8,15-17H2,1-2H3,(H,26,27)/b25-18-. The van der Waals surface area contributed by atoms with Crippen molar-refractivity contribution in [3.63, 3.8) is 0 Å². The van der Waals surface area contributed by atoms with Crippen molar-refractivity contribution >= 4 is 11.7 Å². The van der Waals surface area contributed by atoms with Crippen molar-refractivity contribution in [3.05, 3.63) is 60.2 Å². The largest absolute Gasteiger partial charge is 0.477 e. The topological polar surface area (TPSA) is 86.6 Å². The van der Waals surface area contributed by atoms with Crippen molar-refractivity contribution in [2.24, 2.45) is 11.1 Å². The predicted molar refractivity (Wildman–Crippen MR) is 116 cm³/mol. The molecule has 0 spiro atoms. The zero-order valence-corrected chi connectivity index (χ0v) is 18.0. The first-order valence-electron chi connectivity index (χ1n) is 10.5. The Kier molecular flexibility index (Phi) is 8.03. The van der Waals surface area contributed by atoms with Crippen molar-refractivity contribution in [2.75, 3.05) is 19.8 Å². The second-order valence-electron chi connectivity index (χ2n) is 7.68. The van der Waals surface area contributed by atoms with Crippen LogP contribution < -0.4 is 4.74 Å². The van der Waals surface area contributed by atoms with Gasteiger partial charge in [-0.05, 0) is 68.1 Å². The molecule has 1 aliphatic heterocycles. The number of benzene rings is 2. The average molecular weight is 427 g/mol. The first-order valence-corrected chi connectivity index (χ1v) is 10.5. The van der Waals surface area contributed by atoms with Gasteiger partial charge >= 0.3 is 5.97 Å². The van der Waals surface area contributed by atoms with E-state index in [1.165, 1.54) is 6.92 Å². The number of hydrogen-bond donors (Lipinski definition) is 1. The van der Waals surface area contributed by atoms with Gasteiger partial charge in [0.05, 0.1) is 18.9 Å². The van der Waals surface area contributed by atoms with Crippen LogP contribution in [0.1, 0.15) is 38.7 Å². The lowest BCUT2D eigenvalue weighted by atomic mass is 10.0. The Bertz CT molecular complexity index is 857. The number of aliphatic carboxylic acids is 1. The minimum Gasteiger partial charge on any atom is -0.477 e. The molecule has 1 N–H and O–H groups in total. The Hall–Kier alpha value is -2.90. The number of oxime groups is 1. The number of nitrogens with zero attached hydrogens (tertiary/aromatic N) is 1. The third-order valence-corrected chi connectivity index (χ3v) is 5.13. The molecule has 0 radical (unpaired) electrons. The van der Waals surface area contributed by atoms with Gasteiger partial charge in [0.25, 0.3) is 5.79 Å². The van der Waals surface area contributed by atoms with Gasteiger partial charge in [-0.15, -0.1) is 0 Å². The number of hydrogen-bond acceptors (Lipinski definition) is 6. The van der Waals surface area contributed by atoms with Crippen molar-refractivity contribution in [1.82, 2.24) is 0 Å². The summed E-state index contributed by atoms with van der Waals surface area (Å²) in [6.07, 6.45) is 2.68. The number of carboxylic acid groups (broad SMARTS) is 1. The van der Waals surface area contributed by atoms with Gasteiger partial charge in [0.1, 0.15) is 18.1 Å². The summed E-state index contributed by atoms with van der Waals surface area (Å²) in [5, 5.41) is 13.3. The van der Waals surface area contributed by atoms with Gasteiger partial charge in [-0.3, -0.25) is 0 Å². The minimum absolute atomic E-state index is 0.203. The molecule has 31 heavy (non-hydrogen) atoms. The van der Waals surface area contributed by atoms with Crippen LogP contribution in [-0.2, 0) is 19.1 Å². The molecule has 166 valence electrons. The van der Waals surface area contributed by atoms with Crippen LogP contribution in [0.3, 0.4) is 0 Å². The summed E-state index contributed by atoms with van der Waals surface area (Å²) in [7, 11) is 0. The second kappa shape index (κ2) is 10.9. The molecule has 0 aromatic heterocycles. The molecule has 7 heteroatoms. The Morgan fingerprint density at radius 3 is 2.35 bits per heavy atom. The zero-order chi connectivity index (χ0) is 22.1. The van der Waals surface area contributed by atoms with Crippen LogP contribution in [0.5, 0.6) is 11.5 Å². The fraction of sp³-hybridized carbons (Fsp3) is 0.417. The van der Waals surface area contributed by atoms with Gasteiger partial charge < -0.3 is 24.2 Å². The van der Waals surface area contributed by atoms with Crippen LogP contribution in [0.15, 0.2) is 59.8 Å². The first-order chi connectivity index (χ1) is 15.0. The van der Waals surface area contributed by atoms with Crippen molar-refractivity contribution in [1.29, 1.82) is 0 Å². The van der Waals surface area contributed by atoms with Crippen molar-refractivity contribution in [3.8, 4) is 11.5 Å². The second-order valence-corrected chi connectivity index (χ2v) is 7.68. The highest BCUT2D eigenvalue weighted by Crippen LogP contribution is 2.24. The van der Waals surface area contributed by atoms with Crippen LogP contribution in [-0.4, -0.2) is 42.4 Å². The molecule has 2 aromatic rings. The lowest BCUT2D eigenvalue weighted by Crippen LogP contribution is -2.47. The summed E-state index contributed by atoms with van der Waals surface area (Å²) in [5.74, 6) is -0.841. The Morgan fingerprint density at radius 1 is 1.06 bits per heavy atom. The van der Waals surface area contributed by atoms with E-state index in [4.69, 9.17) is 24.2 Å². The lowest BCUT2D eigenvalue weighted by Gasteiger charge is -2.34. The maximum Gasteiger partial charge on any atom is 0.364 e. The molecule has 1 saturated heterocycles. The number of carbonyl (C=O) groups is 1. The van der Waals surface area contributed by atoms with E-state index in [9.17, 15) is 4.79 Å². The Balaban J connectivity index is 1.33. The number of unbranched alkanes of at least 4 members (excludes halogenated alkanes) is 1. The van der Waals surface area contributed by atoms with E-state index in [0.717, 1.165) is 42.0 Å². The highest BCUT2D eigenvalue weighted by molar-refractivity contribution is 5.98. The molecule has 1 fully saturated rings. The van der Waals surface area contributed by atoms with E-state index in [-0.39, 0.29) is 5.92 Å². The number of rotatable bonds is 10. The number of carboxylic acids is 1. The summed E-state index contributed by atoms with van der Waals surface area (Å²) in [6.45, 7) is 4.65. The third kappa shape index (κ3) is 6.80. The lowest BCUT2D eigenvalue weighted by molar-refractivity contribution is -0.271. The maximum atomic E-state index is 11.1. The van der Waals surface area contributed by atoms with Gasteiger partial charge in [0.15, 0.2) is 0 Å². The molecule has 1 aliphatic rings. The average Bonchev–Trinajstić information content (AvgIpc) is 2.78. The SMILES string of the molecule is C/C(=N/OCCCCC1COC(C)(C(=O)O)OC1)c1ccc(Oc2ccccc2)cc1. The molecular formula is C24H29NO6. The van der Waals surface area contributed by atoms with E-state index in [1.54, 1.807) is 0 Å². The summed E-state index contributed by atoms with van der Waals surface area (Å²) in [4.78, 5) is 16.5. The van der Waals surface area contributed by atoms with E-state index in [1.807, 2.05) is 61.5 Å². The van der Waals surface area contributed by atoms with Crippen molar-refractivity contribution < 1.29 is 28.9 Å². The van der Waals surface area contributed by atoms with Gasteiger partial charge in [0, 0.05) is 12.8 Å². The molecule has 0 aliphatic carbocycles.